The van der Waals surface area contributed by atoms with Gasteiger partial charge < -0.3 is 4.42 Å². The lowest BCUT2D eigenvalue weighted by Gasteiger charge is -2.24. The minimum Gasteiger partial charge on any atom is -0.461 e. The van der Waals surface area contributed by atoms with Gasteiger partial charge in [-0.2, -0.15) is 0 Å². The van der Waals surface area contributed by atoms with Crippen molar-refractivity contribution in [1.29, 1.82) is 0 Å². The SMILES string of the molecule is CSc1nnc(N2C(=O)C(=O)C(C(=O)c3ccco3)C2c2cccc(Cl)c2)s1. The zero-order chi connectivity index (χ0) is 19.8. The summed E-state index contributed by atoms with van der Waals surface area (Å²) in [5.74, 6) is -3.43. The molecule has 1 fully saturated rings. The van der Waals surface area contributed by atoms with Gasteiger partial charge in [-0.15, -0.1) is 10.2 Å². The summed E-state index contributed by atoms with van der Waals surface area (Å²) >= 11 is 8.67. The summed E-state index contributed by atoms with van der Waals surface area (Å²) in [7, 11) is 0. The highest BCUT2D eigenvalue weighted by Crippen LogP contribution is 2.43. The first-order valence-electron chi connectivity index (χ1n) is 8.09. The molecule has 1 amide bonds. The van der Waals surface area contributed by atoms with E-state index in [1.165, 1.54) is 40.3 Å². The van der Waals surface area contributed by atoms with Crippen molar-refractivity contribution in [2.45, 2.75) is 10.4 Å². The summed E-state index contributed by atoms with van der Waals surface area (Å²) in [4.78, 5) is 39.9. The van der Waals surface area contributed by atoms with Crippen LogP contribution in [0.15, 0.2) is 51.4 Å². The Labute approximate surface area is 172 Å². The van der Waals surface area contributed by atoms with Crippen molar-refractivity contribution in [3.8, 4) is 0 Å². The van der Waals surface area contributed by atoms with Gasteiger partial charge in [-0.1, -0.05) is 46.8 Å². The molecule has 0 spiro atoms. The van der Waals surface area contributed by atoms with E-state index in [4.69, 9.17) is 16.0 Å². The number of amides is 1. The van der Waals surface area contributed by atoms with Gasteiger partial charge in [0.1, 0.15) is 5.92 Å². The van der Waals surface area contributed by atoms with E-state index in [9.17, 15) is 14.4 Å². The number of carbonyl (C=O) groups excluding carboxylic acids is 3. The van der Waals surface area contributed by atoms with Gasteiger partial charge in [-0.3, -0.25) is 19.3 Å². The number of ketones is 2. The number of aromatic nitrogens is 2. The van der Waals surface area contributed by atoms with Crippen molar-refractivity contribution in [3.63, 3.8) is 0 Å². The molecule has 7 nitrogen and oxygen atoms in total. The normalized spacial score (nSPS) is 19.4. The van der Waals surface area contributed by atoms with Crippen LogP contribution >= 0.6 is 34.7 Å². The Balaban J connectivity index is 1.86. The predicted molar refractivity (Wildman–Crippen MR) is 105 cm³/mol. The van der Waals surface area contributed by atoms with Gasteiger partial charge in [0.15, 0.2) is 10.1 Å². The van der Waals surface area contributed by atoms with Crippen molar-refractivity contribution in [3.05, 3.63) is 59.0 Å². The van der Waals surface area contributed by atoms with Crippen molar-refractivity contribution in [1.82, 2.24) is 10.2 Å². The Hall–Kier alpha value is -2.49. The molecule has 1 aromatic carbocycles. The second-order valence-electron chi connectivity index (χ2n) is 5.91. The average Bonchev–Trinajstić information content (AvgIpc) is 3.42. The van der Waals surface area contributed by atoms with Gasteiger partial charge in [0, 0.05) is 5.02 Å². The number of thioether (sulfide) groups is 1. The number of rotatable bonds is 5. The van der Waals surface area contributed by atoms with Crippen LogP contribution in [0, 0.1) is 5.92 Å². The van der Waals surface area contributed by atoms with Crippen LogP contribution in [-0.4, -0.2) is 33.9 Å². The molecule has 3 heterocycles. The number of anilines is 1. The number of carbonyl (C=O) groups is 3. The minimum atomic E-state index is -1.27. The molecule has 0 N–H and O–H groups in total. The van der Waals surface area contributed by atoms with Crippen LogP contribution in [0.25, 0.3) is 0 Å². The molecule has 1 aliphatic heterocycles. The fourth-order valence-corrected chi connectivity index (χ4v) is 4.62. The Kier molecular flexibility index (Phi) is 5.05. The van der Waals surface area contributed by atoms with Crippen LogP contribution in [0.3, 0.4) is 0 Å². The van der Waals surface area contributed by atoms with Crippen LogP contribution in [0.1, 0.15) is 22.2 Å². The summed E-state index contributed by atoms with van der Waals surface area (Å²) in [5, 5.41) is 8.72. The number of Topliss-reactive ketones (excluding diaryl/α,β-unsaturated/α-hetero) is 2. The molecular weight excluding hydrogens is 422 g/mol. The van der Waals surface area contributed by atoms with Gasteiger partial charge in [-0.05, 0) is 36.1 Å². The average molecular weight is 434 g/mol. The number of hydrogen-bond donors (Lipinski definition) is 0. The molecule has 28 heavy (non-hydrogen) atoms. The first kappa shape index (κ1) is 18.9. The summed E-state index contributed by atoms with van der Waals surface area (Å²) in [6, 6.07) is 8.85. The summed E-state index contributed by atoms with van der Waals surface area (Å²) in [5.41, 5.74) is 0.553. The quantitative estimate of drug-likeness (QED) is 0.199. The maximum absolute atomic E-state index is 13.0. The molecule has 1 aliphatic rings. The number of benzene rings is 1. The third-order valence-electron chi connectivity index (χ3n) is 4.32. The molecule has 0 saturated carbocycles. The van der Waals surface area contributed by atoms with E-state index in [1.54, 1.807) is 30.3 Å². The van der Waals surface area contributed by atoms with Crippen LogP contribution in [0.2, 0.25) is 5.02 Å². The van der Waals surface area contributed by atoms with E-state index in [-0.39, 0.29) is 10.9 Å². The fourth-order valence-electron chi connectivity index (χ4n) is 3.13. The highest BCUT2D eigenvalue weighted by Gasteiger charge is 2.54. The van der Waals surface area contributed by atoms with Gasteiger partial charge in [0.25, 0.3) is 5.91 Å². The zero-order valence-corrected chi connectivity index (χ0v) is 16.8. The molecule has 2 aromatic heterocycles. The largest absolute Gasteiger partial charge is 0.461 e. The lowest BCUT2D eigenvalue weighted by Crippen LogP contribution is -2.30. The van der Waals surface area contributed by atoms with Gasteiger partial charge >= 0.3 is 0 Å². The maximum Gasteiger partial charge on any atom is 0.297 e. The van der Waals surface area contributed by atoms with Crippen molar-refractivity contribution in [2.24, 2.45) is 5.92 Å². The molecule has 3 aromatic rings. The molecule has 10 heteroatoms. The summed E-state index contributed by atoms with van der Waals surface area (Å²) in [6.45, 7) is 0. The molecule has 0 radical (unpaired) electrons. The fraction of sp³-hybridized carbons (Fsp3) is 0.167. The number of furan rings is 1. The number of hydrogen-bond acceptors (Lipinski definition) is 8. The van der Waals surface area contributed by atoms with E-state index < -0.39 is 29.4 Å². The minimum absolute atomic E-state index is 0.0158. The van der Waals surface area contributed by atoms with E-state index in [2.05, 4.69) is 10.2 Å². The Morgan fingerprint density at radius 2 is 2.07 bits per heavy atom. The molecule has 1 saturated heterocycles. The van der Waals surface area contributed by atoms with Crippen LogP contribution in [0.5, 0.6) is 0 Å². The van der Waals surface area contributed by atoms with Crippen LogP contribution in [0.4, 0.5) is 5.13 Å². The van der Waals surface area contributed by atoms with E-state index >= 15 is 0 Å². The lowest BCUT2D eigenvalue weighted by atomic mass is 9.88. The third kappa shape index (κ3) is 3.15. The predicted octanol–water partition coefficient (Wildman–Crippen LogP) is 3.66. The van der Waals surface area contributed by atoms with Gasteiger partial charge in [-0.25, -0.2) is 0 Å². The van der Waals surface area contributed by atoms with Crippen molar-refractivity contribution in [2.75, 3.05) is 11.2 Å². The zero-order valence-electron chi connectivity index (χ0n) is 14.4. The smallest absolute Gasteiger partial charge is 0.297 e. The summed E-state index contributed by atoms with van der Waals surface area (Å²) in [6.07, 6.45) is 3.18. The van der Waals surface area contributed by atoms with Gasteiger partial charge in [0.05, 0.1) is 12.3 Å². The first-order valence-corrected chi connectivity index (χ1v) is 10.5. The molecule has 4 rings (SSSR count). The van der Waals surface area contributed by atoms with E-state index in [0.29, 0.717) is 14.9 Å². The maximum atomic E-state index is 13.0. The third-order valence-corrected chi connectivity index (χ3v) is 6.45. The molecule has 2 atom stereocenters. The van der Waals surface area contributed by atoms with E-state index in [1.807, 2.05) is 6.26 Å². The standard InChI is InChI=1S/C18H12ClN3O4S2/c1-27-18-21-20-17(28-18)22-13(9-4-2-5-10(19)8-9)12(15(24)16(22)25)14(23)11-6-3-7-26-11/h2-8,12-13H,1H3. The Bertz CT molecular complexity index is 1070. The molecule has 2 unspecified atom stereocenters. The lowest BCUT2D eigenvalue weighted by molar-refractivity contribution is -0.135. The van der Waals surface area contributed by atoms with E-state index in [0.717, 1.165) is 0 Å². The topological polar surface area (TPSA) is 93.4 Å². The molecular formula is C18H12ClN3O4S2. The monoisotopic (exact) mass is 433 g/mol. The number of nitrogens with zero attached hydrogens (tertiary/aromatic N) is 3. The highest BCUT2D eigenvalue weighted by molar-refractivity contribution is 8.00. The Morgan fingerprint density at radius 1 is 1.25 bits per heavy atom. The van der Waals surface area contributed by atoms with Gasteiger partial charge in [0.2, 0.25) is 16.7 Å². The Morgan fingerprint density at radius 3 is 2.71 bits per heavy atom. The second kappa shape index (κ2) is 7.50. The highest BCUT2D eigenvalue weighted by atomic mass is 35.5. The van der Waals surface area contributed by atoms with Crippen LogP contribution < -0.4 is 4.90 Å². The molecule has 0 aliphatic carbocycles. The molecule has 142 valence electrons. The van der Waals surface area contributed by atoms with Crippen molar-refractivity contribution >= 4 is 57.3 Å². The summed E-state index contributed by atoms with van der Waals surface area (Å²) < 4.78 is 5.82. The first-order chi connectivity index (χ1) is 13.5. The van der Waals surface area contributed by atoms with Crippen molar-refractivity contribution < 1.29 is 18.8 Å². The second-order valence-corrected chi connectivity index (χ2v) is 8.36. The van der Waals surface area contributed by atoms with Crippen LogP contribution in [-0.2, 0) is 9.59 Å². The molecule has 0 bridgehead atoms. The number of halogens is 1.